The first-order chi connectivity index (χ1) is 8.25. The molecule has 1 unspecified atom stereocenters. The maximum atomic E-state index is 4.79. The monoisotopic (exact) mass is 238 g/mol. The third-order valence-electron chi connectivity index (χ3n) is 3.26. The van der Waals surface area contributed by atoms with Gasteiger partial charge in [0.05, 0.1) is 6.54 Å². The SMILES string of the molecule is CC(C)NCC1CCCCN1Cc1ncon1. The minimum Gasteiger partial charge on any atom is -0.343 e. The Labute approximate surface area is 103 Å². The number of piperidine rings is 1. The van der Waals surface area contributed by atoms with Gasteiger partial charge < -0.3 is 9.84 Å². The summed E-state index contributed by atoms with van der Waals surface area (Å²) in [4.78, 5) is 6.56. The van der Waals surface area contributed by atoms with Gasteiger partial charge in [-0.05, 0) is 19.4 Å². The summed E-state index contributed by atoms with van der Waals surface area (Å²) in [6.45, 7) is 7.37. The smallest absolute Gasteiger partial charge is 0.213 e. The summed E-state index contributed by atoms with van der Waals surface area (Å²) in [6.07, 6.45) is 5.27. The van der Waals surface area contributed by atoms with Crippen LogP contribution in [0.15, 0.2) is 10.9 Å². The van der Waals surface area contributed by atoms with Crippen LogP contribution in [0.3, 0.4) is 0 Å². The van der Waals surface area contributed by atoms with Crippen molar-refractivity contribution in [3.8, 4) is 0 Å². The molecule has 1 aromatic heterocycles. The van der Waals surface area contributed by atoms with E-state index >= 15 is 0 Å². The van der Waals surface area contributed by atoms with Gasteiger partial charge in [0.2, 0.25) is 6.39 Å². The Morgan fingerprint density at radius 2 is 2.41 bits per heavy atom. The lowest BCUT2D eigenvalue weighted by molar-refractivity contribution is 0.131. The van der Waals surface area contributed by atoms with Crippen LogP contribution in [0.25, 0.3) is 0 Å². The van der Waals surface area contributed by atoms with E-state index in [0.29, 0.717) is 12.1 Å². The Bertz CT molecular complexity index is 312. The average Bonchev–Trinajstić information content (AvgIpc) is 2.80. The van der Waals surface area contributed by atoms with Crippen LogP contribution in [0, 0.1) is 0 Å². The highest BCUT2D eigenvalue weighted by molar-refractivity contribution is 4.85. The molecule has 0 bridgehead atoms. The van der Waals surface area contributed by atoms with Crippen LogP contribution in [0.5, 0.6) is 0 Å². The van der Waals surface area contributed by atoms with Gasteiger partial charge in [-0.3, -0.25) is 4.90 Å². The fourth-order valence-corrected chi connectivity index (χ4v) is 2.31. The van der Waals surface area contributed by atoms with Gasteiger partial charge in [-0.15, -0.1) is 0 Å². The van der Waals surface area contributed by atoms with Gasteiger partial charge in [0.1, 0.15) is 0 Å². The van der Waals surface area contributed by atoms with Crippen molar-refractivity contribution in [3.05, 3.63) is 12.2 Å². The molecule has 0 spiro atoms. The molecule has 96 valence electrons. The molecular formula is C12H22N4O. The van der Waals surface area contributed by atoms with E-state index in [0.717, 1.165) is 25.5 Å². The molecule has 0 aromatic carbocycles. The Morgan fingerprint density at radius 1 is 1.53 bits per heavy atom. The van der Waals surface area contributed by atoms with E-state index in [1.54, 1.807) is 0 Å². The number of hydrogen-bond donors (Lipinski definition) is 1. The van der Waals surface area contributed by atoms with Crippen LogP contribution in [0.1, 0.15) is 38.9 Å². The molecule has 0 amide bonds. The van der Waals surface area contributed by atoms with E-state index in [1.165, 1.54) is 25.7 Å². The van der Waals surface area contributed by atoms with Crippen molar-refractivity contribution >= 4 is 0 Å². The van der Waals surface area contributed by atoms with E-state index in [4.69, 9.17) is 4.52 Å². The van der Waals surface area contributed by atoms with Crippen molar-refractivity contribution < 1.29 is 4.52 Å². The third kappa shape index (κ3) is 3.78. The van der Waals surface area contributed by atoms with E-state index in [-0.39, 0.29) is 0 Å². The number of nitrogens with one attached hydrogen (secondary N) is 1. The topological polar surface area (TPSA) is 54.2 Å². The van der Waals surface area contributed by atoms with E-state index in [2.05, 4.69) is 34.2 Å². The maximum absolute atomic E-state index is 4.79. The predicted molar refractivity (Wildman–Crippen MR) is 65.5 cm³/mol. The summed E-state index contributed by atoms with van der Waals surface area (Å²) >= 11 is 0. The van der Waals surface area contributed by atoms with Gasteiger partial charge in [-0.25, -0.2) is 0 Å². The first-order valence-corrected chi connectivity index (χ1v) is 6.48. The molecule has 1 N–H and O–H groups in total. The zero-order valence-corrected chi connectivity index (χ0v) is 10.7. The van der Waals surface area contributed by atoms with E-state index in [1.807, 2.05) is 0 Å². The second-order valence-electron chi connectivity index (χ2n) is 5.03. The number of nitrogens with zero attached hydrogens (tertiary/aromatic N) is 3. The highest BCUT2D eigenvalue weighted by Gasteiger charge is 2.23. The molecule has 1 atom stereocenters. The van der Waals surface area contributed by atoms with Crippen molar-refractivity contribution in [2.45, 2.75) is 51.7 Å². The summed E-state index contributed by atoms with van der Waals surface area (Å²) in [5, 5.41) is 7.41. The fourth-order valence-electron chi connectivity index (χ4n) is 2.31. The summed E-state index contributed by atoms with van der Waals surface area (Å²) in [5.74, 6) is 0.793. The van der Waals surface area contributed by atoms with Gasteiger partial charge in [0.25, 0.3) is 0 Å². The van der Waals surface area contributed by atoms with Crippen molar-refractivity contribution in [1.29, 1.82) is 0 Å². The van der Waals surface area contributed by atoms with Gasteiger partial charge in [-0.2, -0.15) is 4.98 Å². The minimum atomic E-state index is 0.545. The molecule has 0 aliphatic carbocycles. The van der Waals surface area contributed by atoms with Crippen LogP contribution in [0.4, 0.5) is 0 Å². The lowest BCUT2D eigenvalue weighted by atomic mass is 10.0. The normalized spacial score (nSPS) is 22.2. The zero-order chi connectivity index (χ0) is 12.1. The molecule has 17 heavy (non-hydrogen) atoms. The first kappa shape index (κ1) is 12.5. The number of rotatable bonds is 5. The van der Waals surface area contributed by atoms with Crippen LogP contribution in [-0.2, 0) is 6.54 Å². The number of hydrogen-bond acceptors (Lipinski definition) is 5. The molecule has 1 fully saturated rings. The molecule has 1 aliphatic heterocycles. The summed E-state index contributed by atoms with van der Waals surface area (Å²) in [6, 6.07) is 1.15. The predicted octanol–water partition coefficient (Wildman–Crippen LogP) is 1.42. The molecule has 1 saturated heterocycles. The molecule has 1 aromatic rings. The molecule has 0 saturated carbocycles. The highest BCUT2D eigenvalue weighted by Crippen LogP contribution is 2.18. The Balaban J connectivity index is 1.87. The molecule has 0 radical (unpaired) electrons. The van der Waals surface area contributed by atoms with Crippen LogP contribution in [-0.4, -0.2) is 40.2 Å². The lowest BCUT2D eigenvalue weighted by Crippen LogP contribution is -2.46. The molecule has 1 aliphatic rings. The molecule has 5 nitrogen and oxygen atoms in total. The second-order valence-corrected chi connectivity index (χ2v) is 5.03. The molecule has 2 heterocycles. The van der Waals surface area contributed by atoms with Crippen LogP contribution < -0.4 is 5.32 Å². The van der Waals surface area contributed by atoms with Crippen molar-refractivity contribution in [1.82, 2.24) is 20.4 Å². The molecule has 2 rings (SSSR count). The van der Waals surface area contributed by atoms with E-state index < -0.39 is 0 Å². The van der Waals surface area contributed by atoms with Crippen molar-refractivity contribution in [2.24, 2.45) is 0 Å². The summed E-state index contributed by atoms with van der Waals surface area (Å²) in [7, 11) is 0. The van der Waals surface area contributed by atoms with Gasteiger partial charge >= 0.3 is 0 Å². The number of aromatic nitrogens is 2. The standard InChI is InChI=1S/C12H22N4O/c1-10(2)13-7-11-5-3-4-6-16(11)8-12-14-9-17-15-12/h9-11,13H,3-8H2,1-2H3. The quantitative estimate of drug-likeness (QED) is 0.841. The Kier molecular flexibility index (Phi) is 4.50. The zero-order valence-electron chi connectivity index (χ0n) is 10.7. The molecule has 5 heteroatoms. The molecular weight excluding hydrogens is 216 g/mol. The average molecular weight is 238 g/mol. The minimum absolute atomic E-state index is 0.545. The Hall–Kier alpha value is -0.940. The van der Waals surface area contributed by atoms with Gasteiger partial charge in [-0.1, -0.05) is 25.4 Å². The van der Waals surface area contributed by atoms with Crippen molar-refractivity contribution in [3.63, 3.8) is 0 Å². The largest absolute Gasteiger partial charge is 0.343 e. The fraction of sp³-hybridized carbons (Fsp3) is 0.833. The summed E-state index contributed by atoms with van der Waals surface area (Å²) < 4.78 is 4.79. The number of likely N-dealkylation sites (tertiary alicyclic amines) is 1. The van der Waals surface area contributed by atoms with Crippen LogP contribution in [0.2, 0.25) is 0 Å². The lowest BCUT2D eigenvalue weighted by Gasteiger charge is -2.35. The highest BCUT2D eigenvalue weighted by atomic mass is 16.5. The van der Waals surface area contributed by atoms with Crippen LogP contribution >= 0.6 is 0 Å². The first-order valence-electron chi connectivity index (χ1n) is 6.48. The Morgan fingerprint density at radius 3 is 3.12 bits per heavy atom. The third-order valence-corrected chi connectivity index (χ3v) is 3.26. The van der Waals surface area contributed by atoms with E-state index in [9.17, 15) is 0 Å². The van der Waals surface area contributed by atoms with Crippen molar-refractivity contribution in [2.75, 3.05) is 13.1 Å². The van der Waals surface area contributed by atoms with Gasteiger partial charge in [0.15, 0.2) is 5.82 Å². The second kappa shape index (κ2) is 6.12. The maximum Gasteiger partial charge on any atom is 0.213 e. The van der Waals surface area contributed by atoms with Gasteiger partial charge in [0, 0.05) is 18.6 Å². The summed E-state index contributed by atoms with van der Waals surface area (Å²) in [5.41, 5.74) is 0.